The van der Waals surface area contributed by atoms with Crippen LogP contribution >= 0.6 is 15.9 Å². The summed E-state index contributed by atoms with van der Waals surface area (Å²) in [6, 6.07) is 13.0. The maximum absolute atomic E-state index is 4.56. The number of hydrogen-bond donors (Lipinski definition) is 1. The Balaban J connectivity index is 1.87. The van der Waals surface area contributed by atoms with Crippen LogP contribution in [-0.2, 0) is 0 Å². The Labute approximate surface area is 145 Å². The Bertz CT molecular complexity index is 752. The zero-order valence-corrected chi connectivity index (χ0v) is 15.0. The number of aromatic nitrogens is 2. The lowest BCUT2D eigenvalue weighted by Gasteiger charge is -2.20. The fraction of sp³-hybridized carbons (Fsp3) is 0.316. The molecule has 1 unspecified atom stereocenters. The van der Waals surface area contributed by atoms with Crippen LogP contribution in [0.4, 0.5) is 5.82 Å². The van der Waals surface area contributed by atoms with E-state index in [0.717, 1.165) is 22.2 Å². The summed E-state index contributed by atoms with van der Waals surface area (Å²) in [5.41, 5.74) is 2.41. The molecule has 23 heavy (non-hydrogen) atoms. The molecule has 120 valence electrons. The standard InChI is InChI=1S/C19H22BrN3/c1-2-3-5-10-17(15-8-6-4-7-9-15)22-19-18-13-16(20)14-23(18)12-11-21-19/h4,6-9,11-14,17H,2-3,5,10H2,1H3,(H,21,22). The summed E-state index contributed by atoms with van der Waals surface area (Å²) in [7, 11) is 0. The molecule has 1 aromatic carbocycles. The molecule has 2 heterocycles. The van der Waals surface area contributed by atoms with Gasteiger partial charge in [-0.3, -0.25) is 0 Å². The van der Waals surface area contributed by atoms with Crippen LogP contribution in [0.15, 0.2) is 59.5 Å². The van der Waals surface area contributed by atoms with Gasteiger partial charge in [0.05, 0.1) is 11.6 Å². The molecule has 4 heteroatoms. The molecule has 0 saturated heterocycles. The lowest BCUT2D eigenvalue weighted by atomic mass is 10.0. The number of nitrogens with one attached hydrogen (secondary N) is 1. The van der Waals surface area contributed by atoms with Crippen LogP contribution in [0.3, 0.4) is 0 Å². The predicted octanol–water partition coefficient (Wildman–Crippen LogP) is 5.83. The van der Waals surface area contributed by atoms with Crippen molar-refractivity contribution in [2.45, 2.75) is 38.6 Å². The summed E-state index contributed by atoms with van der Waals surface area (Å²) in [6.45, 7) is 2.24. The van der Waals surface area contributed by atoms with Crippen molar-refractivity contribution in [2.24, 2.45) is 0 Å². The van der Waals surface area contributed by atoms with Gasteiger partial charge in [0, 0.05) is 23.1 Å². The lowest BCUT2D eigenvalue weighted by Crippen LogP contribution is -2.12. The maximum Gasteiger partial charge on any atom is 0.150 e. The average molecular weight is 372 g/mol. The number of hydrogen-bond acceptors (Lipinski definition) is 2. The molecule has 3 nitrogen and oxygen atoms in total. The molecule has 1 atom stereocenters. The van der Waals surface area contributed by atoms with E-state index in [4.69, 9.17) is 0 Å². The Morgan fingerprint density at radius 3 is 2.83 bits per heavy atom. The number of unbranched alkanes of at least 4 members (excludes halogenated alkanes) is 2. The normalized spacial score (nSPS) is 12.4. The summed E-state index contributed by atoms with van der Waals surface area (Å²) >= 11 is 3.54. The molecule has 0 bridgehead atoms. The van der Waals surface area contributed by atoms with Gasteiger partial charge in [0.15, 0.2) is 5.82 Å². The van der Waals surface area contributed by atoms with E-state index in [9.17, 15) is 0 Å². The highest BCUT2D eigenvalue weighted by Gasteiger charge is 2.13. The van der Waals surface area contributed by atoms with Crippen LogP contribution in [-0.4, -0.2) is 9.38 Å². The first-order valence-corrected chi connectivity index (χ1v) is 9.01. The van der Waals surface area contributed by atoms with E-state index in [1.54, 1.807) is 0 Å². The molecule has 0 aliphatic heterocycles. The highest BCUT2D eigenvalue weighted by atomic mass is 79.9. The number of fused-ring (bicyclic) bond motifs is 1. The second-order valence-corrected chi connectivity index (χ2v) is 6.75. The number of rotatable bonds is 7. The Kier molecular flexibility index (Phi) is 5.34. The largest absolute Gasteiger partial charge is 0.362 e. The molecule has 0 aliphatic rings. The number of halogens is 1. The number of anilines is 1. The molecule has 2 aromatic heterocycles. The number of benzene rings is 1. The second-order valence-electron chi connectivity index (χ2n) is 5.83. The molecular formula is C19H22BrN3. The van der Waals surface area contributed by atoms with Crippen LogP contribution in [0.5, 0.6) is 0 Å². The maximum atomic E-state index is 4.56. The molecule has 0 spiro atoms. The fourth-order valence-corrected chi connectivity index (χ4v) is 3.32. The SMILES string of the molecule is CCCCCC(Nc1nccn2cc(Br)cc12)c1ccccc1. The third-order valence-electron chi connectivity index (χ3n) is 4.10. The van der Waals surface area contributed by atoms with Crippen molar-refractivity contribution >= 4 is 27.3 Å². The first kappa shape index (κ1) is 16.1. The van der Waals surface area contributed by atoms with Crippen molar-refractivity contribution in [3.63, 3.8) is 0 Å². The zero-order valence-electron chi connectivity index (χ0n) is 13.4. The van der Waals surface area contributed by atoms with E-state index in [0.29, 0.717) is 0 Å². The van der Waals surface area contributed by atoms with Crippen LogP contribution < -0.4 is 5.32 Å². The number of nitrogens with zero attached hydrogens (tertiary/aromatic N) is 2. The molecule has 0 fully saturated rings. The Morgan fingerprint density at radius 2 is 2.04 bits per heavy atom. The highest BCUT2D eigenvalue weighted by Crippen LogP contribution is 2.27. The molecule has 0 radical (unpaired) electrons. The zero-order chi connectivity index (χ0) is 16.1. The first-order chi connectivity index (χ1) is 11.3. The average Bonchev–Trinajstić information content (AvgIpc) is 2.96. The third kappa shape index (κ3) is 3.94. The van der Waals surface area contributed by atoms with Crippen molar-refractivity contribution in [1.29, 1.82) is 0 Å². The van der Waals surface area contributed by atoms with Crippen molar-refractivity contribution in [3.8, 4) is 0 Å². The summed E-state index contributed by atoms with van der Waals surface area (Å²) in [5.74, 6) is 0.934. The predicted molar refractivity (Wildman–Crippen MR) is 99.8 cm³/mol. The summed E-state index contributed by atoms with van der Waals surface area (Å²) in [6.07, 6.45) is 10.7. The van der Waals surface area contributed by atoms with Gasteiger partial charge in [0.25, 0.3) is 0 Å². The minimum atomic E-state index is 0.287. The minimum Gasteiger partial charge on any atom is -0.362 e. The van der Waals surface area contributed by atoms with E-state index in [1.165, 1.54) is 24.8 Å². The molecule has 0 saturated carbocycles. The van der Waals surface area contributed by atoms with Gasteiger partial charge in [-0.1, -0.05) is 56.5 Å². The van der Waals surface area contributed by atoms with E-state index < -0.39 is 0 Å². The summed E-state index contributed by atoms with van der Waals surface area (Å²) < 4.78 is 3.16. The van der Waals surface area contributed by atoms with Crippen LogP contribution in [0.2, 0.25) is 0 Å². The van der Waals surface area contributed by atoms with E-state index >= 15 is 0 Å². The molecule has 0 amide bonds. The summed E-state index contributed by atoms with van der Waals surface area (Å²) in [5, 5.41) is 3.66. The highest BCUT2D eigenvalue weighted by molar-refractivity contribution is 9.10. The van der Waals surface area contributed by atoms with E-state index in [-0.39, 0.29) is 6.04 Å². The van der Waals surface area contributed by atoms with Crippen molar-refractivity contribution < 1.29 is 0 Å². The van der Waals surface area contributed by atoms with Crippen LogP contribution in [0.25, 0.3) is 5.52 Å². The Morgan fingerprint density at radius 1 is 1.22 bits per heavy atom. The molecule has 3 rings (SSSR count). The van der Waals surface area contributed by atoms with Crippen molar-refractivity contribution in [3.05, 3.63) is 65.0 Å². The Hall–Kier alpha value is -1.81. The van der Waals surface area contributed by atoms with Gasteiger partial charge in [-0.05, 0) is 34.0 Å². The van der Waals surface area contributed by atoms with Crippen LogP contribution in [0.1, 0.15) is 44.2 Å². The van der Waals surface area contributed by atoms with Gasteiger partial charge in [0.1, 0.15) is 0 Å². The fourth-order valence-electron chi connectivity index (χ4n) is 2.89. The molecular weight excluding hydrogens is 350 g/mol. The summed E-state index contributed by atoms with van der Waals surface area (Å²) in [4.78, 5) is 4.56. The molecule has 1 N–H and O–H groups in total. The molecule has 3 aromatic rings. The lowest BCUT2D eigenvalue weighted by molar-refractivity contribution is 0.605. The monoisotopic (exact) mass is 371 g/mol. The van der Waals surface area contributed by atoms with Gasteiger partial charge in [-0.2, -0.15) is 0 Å². The van der Waals surface area contributed by atoms with Gasteiger partial charge in [-0.25, -0.2) is 4.98 Å². The van der Waals surface area contributed by atoms with Gasteiger partial charge >= 0.3 is 0 Å². The first-order valence-electron chi connectivity index (χ1n) is 8.21. The second kappa shape index (κ2) is 7.64. The smallest absolute Gasteiger partial charge is 0.150 e. The van der Waals surface area contributed by atoms with Gasteiger partial charge in [-0.15, -0.1) is 0 Å². The quantitative estimate of drug-likeness (QED) is 0.529. The van der Waals surface area contributed by atoms with Gasteiger partial charge < -0.3 is 9.72 Å². The van der Waals surface area contributed by atoms with Crippen LogP contribution in [0, 0.1) is 0 Å². The third-order valence-corrected chi connectivity index (χ3v) is 4.53. The van der Waals surface area contributed by atoms with E-state index in [2.05, 4.69) is 80.2 Å². The molecule has 0 aliphatic carbocycles. The van der Waals surface area contributed by atoms with Gasteiger partial charge in [0.2, 0.25) is 0 Å². The van der Waals surface area contributed by atoms with E-state index in [1.807, 2.05) is 12.4 Å². The van der Waals surface area contributed by atoms with Crippen molar-refractivity contribution in [1.82, 2.24) is 9.38 Å². The van der Waals surface area contributed by atoms with Crippen molar-refractivity contribution in [2.75, 3.05) is 5.32 Å². The topological polar surface area (TPSA) is 29.3 Å². The minimum absolute atomic E-state index is 0.287.